The fourth-order valence-electron chi connectivity index (χ4n) is 5.64. The molecule has 0 spiro atoms. The Kier molecular flexibility index (Phi) is 7.07. The quantitative estimate of drug-likeness (QED) is 0.288. The van der Waals surface area contributed by atoms with Crippen LogP contribution in [0.5, 0.6) is 11.5 Å². The van der Waals surface area contributed by atoms with Crippen molar-refractivity contribution in [2.75, 3.05) is 20.3 Å². The minimum absolute atomic E-state index is 0.147. The van der Waals surface area contributed by atoms with Crippen LogP contribution < -0.4 is 9.47 Å². The summed E-state index contributed by atoms with van der Waals surface area (Å²) < 4.78 is 13.9. The lowest BCUT2D eigenvalue weighted by Crippen LogP contribution is -2.34. The lowest BCUT2D eigenvalue weighted by atomic mass is 10.1. The van der Waals surface area contributed by atoms with Crippen LogP contribution >= 0.6 is 0 Å². The van der Waals surface area contributed by atoms with Gasteiger partial charge in [-0.25, -0.2) is 4.98 Å². The normalized spacial score (nSPS) is 18.5. The highest BCUT2D eigenvalue weighted by Gasteiger charge is 2.38. The standard InChI is InChI=1S/C29H35N3O3/c1-3-9-21-14-15-26(27(18-21)34-2)35-17-8-16-31-25-13-7-6-12-24(25)30-29(31)22-19-28(33)32(20-22)23-10-4-5-11-23/h3,6-7,12-15,18,22-23H,1,4-5,8-11,16-17,19-20H2,2H3. The van der Waals surface area contributed by atoms with Crippen LogP contribution in [0, 0.1) is 0 Å². The van der Waals surface area contributed by atoms with Gasteiger partial charge in [-0.05, 0) is 55.5 Å². The smallest absolute Gasteiger partial charge is 0.223 e. The number of likely N-dealkylation sites (tertiary alicyclic amines) is 1. The van der Waals surface area contributed by atoms with Crippen LogP contribution in [-0.2, 0) is 17.8 Å². The largest absolute Gasteiger partial charge is 0.493 e. The Balaban J connectivity index is 1.29. The van der Waals surface area contributed by atoms with Crippen LogP contribution in [0.3, 0.4) is 0 Å². The number of ether oxygens (including phenoxy) is 2. The molecule has 2 heterocycles. The predicted octanol–water partition coefficient (Wildman–Crippen LogP) is 5.50. The number of para-hydroxylation sites is 2. The molecular formula is C29H35N3O3. The molecule has 1 saturated heterocycles. The van der Waals surface area contributed by atoms with E-state index in [9.17, 15) is 4.79 Å². The van der Waals surface area contributed by atoms with Crippen molar-refractivity contribution in [2.24, 2.45) is 0 Å². The molecule has 1 aliphatic heterocycles. The van der Waals surface area contributed by atoms with Gasteiger partial charge < -0.3 is 18.9 Å². The highest BCUT2D eigenvalue weighted by molar-refractivity contribution is 5.81. The number of methoxy groups -OCH3 is 1. The fraction of sp³-hybridized carbons (Fsp3) is 0.448. The van der Waals surface area contributed by atoms with Crippen molar-refractivity contribution in [3.8, 4) is 11.5 Å². The number of hydrogen-bond acceptors (Lipinski definition) is 4. The Morgan fingerprint density at radius 2 is 1.97 bits per heavy atom. The molecule has 5 rings (SSSR count). The van der Waals surface area contributed by atoms with Gasteiger partial charge in [0.2, 0.25) is 5.91 Å². The topological polar surface area (TPSA) is 56.6 Å². The van der Waals surface area contributed by atoms with Gasteiger partial charge in [0, 0.05) is 31.5 Å². The number of fused-ring (bicyclic) bond motifs is 1. The lowest BCUT2D eigenvalue weighted by molar-refractivity contribution is -0.129. The summed E-state index contributed by atoms with van der Waals surface area (Å²) in [7, 11) is 1.67. The van der Waals surface area contributed by atoms with Crippen LogP contribution in [0.1, 0.15) is 55.8 Å². The number of imidazole rings is 1. The summed E-state index contributed by atoms with van der Waals surface area (Å²) in [6.45, 7) is 5.96. The summed E-state index contributed by atoms with van der Waals surface area (Å²) in [6, 6.07) is 14.7. The SMILES string of the molecule is C=CCc1ccc(OCCCn2c(C3CC(=O)N(C4CCCC4)C3)nc3ccccc32)c(OC)c1. The van der Waals surface area contributed by atoms with Crippen LogP contribution in [0.25, 0.3) is 11.0 Å². The van der Waals surface area contributed by atoms with E-state index in [4.69, 9.17) is 14.5 Å². The van der Waals surface area contributed by atoms with Crippen molar-refractivity contribution >= 4 is 16.9 Å². The molecule has 1 unspecified atom stereocenters. The van der Waals surface area contributed by atoms with E-state index in [-0.39, 0.29) is 11.8 Å². The molecule has 0 N–H and O–H groups in total. The first-order chi connectivity index (χ1) is 17.2. The Bertz CT molecular complexity index is 1200. The molecule has 3 aromatic rings. The van der Waals surface area contributed by atoms with Gasteiger partial charge in [0.05, 0.1) is 24.8 Å². The number of aryl methyl sites for hydroxylation is 1. The monoisotopic (exact) mass is 473 g/mol. The van der Waals surface area contributed by atoms with E-state index in [2.05, 4.69) is 34.2 Å². The zero-order chi connectivity index (χ0) is 24.2. The van der Waals surface area contributed by atoms with E-state index in [0.717, 1.165) is 72.7 Å². The molecule has 35 heavy (non-hydrogen) atoms. The van der Waals surface area contributed by atoms with Gasteiger partial charge in [0.25, 0.3) is 0 Å². The molecule has 1 aliphatic carbocycles. The average molecular weight is 474 g/mol. The second kappa shape index (κ2) is 10.5. The maximum Gasteiger partial charge on any atom is 0.223 e. The first kappa shape index (κ1) is 23.5. The number of amides is 1. The highest BCUT2D eigenvalue weighted by atomic mass is 16.5. The van der Waals surface area contributed by atoms with Crippen molar-refractivity contribution in [3.63, 3.8) is 0 Å². The van der Waals surface area contributed by atoms with E-state index < -0.39 is 0 Å². The zero-order valence-electron chi connectivity index (χ0n) is 20.6. The van der Waals surface area contributed by atoms with Crippen LogP contribution in [0.2, 0.25) is 0 Å². The molecule has 1 amide bonds. The molecule has 1 aromatic heterocycles. The van der Waals surface area contributed by atoms with E-state index in [1.54, 1.807) is 7.11 Å². The number of benzene rings is 2. The minimum Gasteiger partial charge on any atom is -0.493 e. The Morgan fingerprint density at radius 3 is 2.77 bits per heavy atom. The second-order valence-electron chi connectivity index (χ2n) is 9.68. The van der Waals surface area contributed by atoms with Gasteiger partial charge in [0.1, 0.15) is 5.82 Å². The van der Waals surface area contributed by atoms with Gasteiger partial charge in [0.15, 0.2) is 11.5 Å². The van der Waals surface area contributed by atoms with Crippen molar-refractivity contribution in [2.45, 2.75) is 63.5 Å². The molecule has 184 valence electrons. The van der Waals surface area contributed by atoms with Gasteiger partial charge in [-0.1, -0.05) is 37.1 Å². The molecule has 1 atom stereocenters. The maximum atomic E-state index is 12.9. The first-order valence-electron chi connectivity index (χ1n) is 12.8. The Hall–Kier alpha value is -3.28. The number of rotatable bonds is 10. The van der Waals surface area contributed by atoms with Crippen LogP contribution in [-0.4, -0.2) is 46.7 Å². The minimum atomic E-state index is 0.147. The maximum absolute atomic E-state index is 12.9. The third-order valence-corrected chi connectivity index (χ3v) is 7.36. The van der Waals surface area contributed by atoms with Crippen molar-refractivity contribution in [3.05, 3.63) is 66.5 Å². The van der Waals surface area contributed by atoms with Crippen molar-refractivity contribution < 1.29 is 14.3 Å². The molecule has 0 bridgehead atoms. The van der Waals surface area contributed by atoms with Gasteiger partial charge in [-0.3, -0.25) is 4.79 Å². The van der Waals surface area contributed by atoms with Crippen molar-refractivity contribution in [1.29, 1.82) is 0 Å². The molecule has 6 nitrogen and oxygen atoms in total. The summed E-state index contributed by atoms with van der Waals surface area (Å²) in [4.78, 5) is 20.0. The summed E-state index contributed by atoms with van der Waals surface area (Å²) in [5.74, 6) is 2.97. The van der Waals surface area contributed by atoms with Crippen LogP contribution in [0.15, 0.2) is 55.1 Å². The summed E-state index contributed by atoms with van der Waals surface area (Å²) >= 11 is 0. The third-order valence-electron chi connectivity index (χ3n) is 7.36. The molecule has 2 fully saturated rings. The number of carbonyl (C=O) groups excluding carboxylic acids is 1. The third kappa shape index (κ3) is 4.93. The Labute approximate surface area is 207 Å². The van der Waals surface area contributed by atoms with Gasteiger partial charge >= 0.3 is 0 Å². The lowest BCUT2D eigenvalue weighted by Gasteiger charge is -2.24. The highest BCUT2D eigenvalue weighted by Crippen LogP contribution is 2.35. The number of allylic oxidation sites excluding steroid dienone is 1. The van der Waals surface area contributed by atoms with Crippen LogP contribution in [0.4, 0.5) is 0 Å². The van der Waals surface area contributed by atoms with Gasteiger partial charge in [-0.15, -0.1) is 6.58 Å². The molecule has 2 aliphatic rings. The number of aromatic nitrogens is 2. The number of nitrogens with zero attached hydrogens (tertiary/aromatic N) is 3. The van der Waals surface area contributed by atoms with E-state index in [1.807, 2.05) is 30.3 Å². The average Bonchev–Trinajstić information content (AvgIpc) is 3.61. The number of carbonyl (C=O) groups is 1. The van der Waals surface area contributed by atoms with E-state index in [0.29, 0.717) is 19.1 Å². The molecule has 6 heteroatoms. The summed E-state index contributed by atoms with van der Waals surface area (Å²) in [5.41, 5.74) is 3.27. The molecule has 0 radical (unpaired) electrons. The van der Waals surface area contributed by atoms with Crippen molar-refractivity contribution in [1.82, 2.24) is 14.5 Å². The Morgan fingerprint density at radius 1 is 1.14 bits per heavy atom. The van der Waals surface area contributed by atoms with Gasteiger partial charge in [-0.2, -0.15) is 0 Å². The summed E-state index contributed by atoms with van der Waals surface area (Å²) in [5, 5.41) is 0. The molecule has 2 aromatic carbocycles. The van der Waals surface area contributed by atoms with E-state index in [1.165, 1.54) is 12.8 Å². The predicted molar refractivity (Wildman–Crippen MR) is 138 cm³/mol. The molecular weight excluding hydrogens is 438 g/mol. The number of hydrogen-bond donors (Lipinski definition) is 0. The summed E-state index contributed by atoms with van der Waals surface area (Å²) in [6.07, 6.45) is 8.83. The van der Waals surface area contributed by atoms with E-state index >= 15 is 0 Å². The second-order valence-corrected chi connectivity index (χ2v) is 9.68. The molecule has 1 saturated carbocycles. The first-order valence-corrected chi connectivity index (χ1v) is 12.8. The fourth-order valence-corrected chi connectivity index (χ4v) is 5.64. The zero-order valence-corrected chi connectivity index (χ0v) is 20.6.